The van der Waals surface area contributed by atoms with Gasteiger partial charge >= 0.3 is 6.09 Å². The molecule has 0 aromatic heterocycles. The predicted octanol–water partition coefficient (Wildman–Crippen LogP) is 1.36. The average Bonchev–Trinajstić information content (AvgIpc) is 2.96. The van der Waals surface area contributed by atoms with Crippen molar-refractivity contribution in [3.8, 4) is 0 Å². The van der Waals surface area contributed by atoms with E-state index in [1.807, 2.05) is 17.0 Å². The zero-order valence-electron chi connectivity index (χ0n) is 24.2. The van der Waals surface area contributed by atoms with Gasteiger partial charge in [-0.3, -0.25) is 29.5 Å². The number of halogens is 1. The number of hydrogen-bond acceptors (Lipinski definition) is 9. The van der Waals surface area contributed by atoms with Gasteiger partial charge in [0.1, 0.15) is 12.3 Å². The maximum absolute atomic E-state index is 12.8. The third-order valence-electron chi connectivity index (χ3n) is 8.35. The second-order valence-electron chi connectivity index (χ2n) is 11.1. The highest BCUT2D eigenvalue weighted by atomic mass is 35.5. The number of nitrogens with zero attached hydrogens (tertiary/aromatic N) is 3. The fourth-order valence-electron chi connectivity index (χ4n) is 6.02. The highest BCUT2D eigenvalue weighted by Crippen LogP contribution is 2.30. The molecule has 4 amide bonds. The Bertz CT molecular complexity index is 1270. The number of rotatable bonds is 9. The Morgan fingerprint density at radius 3 is 2.50 bits per heavy atom. The maximum atomic E-state index is 12.8. The van der Waals surface area contributed by atoms with Crippen LogP contribution in [0.4, 0.5) is 4.79 Å². The number of primary amides is 1. The number of alkyl carbamates (subject to hydrolysis) is 1. The molecule has 0 bridgehead atoms. The first-order valence-corrected chi connectivity index (χ1v) is 14.6. The van der Waals surface area contributed by atoms with Gasteiger partial charge in [-0.25, -0.2) is 4.79 Å². The predicted molar refractivity (Wildman–Crippen MR) is 158 cm³/mol. The number of piperidine rings is 1. The van der Waals surface area contributed by atoms with Crippen molar-refractivity contribution in [1.82, 2.24) is 25.3 Å². The van der Waals surface area contributed by atoms with Crippen LogP contribution in [-0.2, 0) is 25.7 Å². The number of carbonyl (C=O) groups excluding carboxylic acids is 4. The normalized spacial score (nSPS) is 23.1. The van der Waals surface area contributed by atoms with E-state index in [0.717, 1.165) is 50.0 Å². The average molecular weight is 602 g/mol. The minimum Gasteiger partial charge on any atom is -0.448 e. The molecule has 6 N–H and O–H groups in total. The number of nitrogens with two attached hydrogens (primary N) is 2. The molecule has 228 valence electrons. The van der Waals surface area contributed by atoms with Crippen molar-refractivity contribution in [2.75, 3.05) is 39.3 Å². The molecular weight excluding hydrogens is 562 g/mol. The van der Waals surface area contributed by atoms with Gasteiger partial charge in [-0.15, -0.1) is 0 Å². The topological polar surface area (TPSA) is 163 Å². The van der Waals surface area contributed by atoms with Gasteiger partial charge in [-0.05, 0) is 62.5 Å². The molecule has 3 aliphatic heterocycles. The number of carbonyl (C=O) groups is 4. The Balaban J connectivity index is 1.33. The van der Waals surface area contributed by atoms with Gasteiger partial charge < -0.3 is 26.4 Å². The number of benzene rings is 1. The Labute approximate surface area is 251 Å². The molecule has 3 heterocycles. The van der Waals surface area contributed by atoms with E-state index in [4.69, 9.17) is 27.8 Å². The van der Waals surface area contributed by atoms with Crippen LogP contribution in [0.3, 0.4) is 0 Å². The molecule has 1 aromatic rings. The van der Waals surface area contributed by atoms with Crippen molar-refractivity contribution in [1.29, 1.82) is 0 Å². The first-order valence-electron chi connectivity index (χ1n) is 14.2. The van der Waals surface area contributed by atoms with Crippen LogP contribution in [0.1, 0.15) is 50.2 Å². The lowest BCUT2D eigenvalue weighted by atomic mass is 9.92. The zero-order valence-corrected chi connectivity index (χ0v) is 24.9. The summed E-state index contributed by atoms with van der Waals surface area (Å²) in [5.74, 6) is -2.26. The molecule has 0 radical (unpaired) electrons. The van der Waals surface area contributed by atoms with Crippen LogP contribution in [0.15, 0.2) is 41.9 Å². The highest BCUT2D eigenvalue weighted by molar-refractivity contribution is 6.30. The number of ether oxygens (including phenoxy) is 1. The number of amides is 4. The largest absolute Gasteiger partial charge is 0.448 e. The summed E-state index contributed by atoms with van der Waals surface area (Å²) >= 11 is 6.27. The fraction of sp³-hybridized carbons (Fsp3) is 0.517. The van der Waals surface area contributed by atoms with E-state index in [1.165, 1.54) is 6.92 Å². The van der Waals surface area contributed by atoms with E-state index in [9.17, 15) is 19.2 Å². The summed E-state index contributed by atoms with van der Waals surface area (Å²) in [6.07, 6.45) is 2.18. The summed E-state index contributed by atoms with van der Waals surface area (Å²) < 4.78 is 5.08. The summed E-state index contributed by atoms with van der Waals surface area (Å²) in [5.41, 5.74) is 13.1. The Morgan fingerprint density at radius 1 is 1.17 bits per heavy atom. The first-order chi connectivity index (χ1) is 20.0. The first kappa shape index (κ1) is 31.3. The molecule has 42 heavy (non-hydrogen) atoms. The van der Waals surface area contributed by atoms with Crippen LogP contribution < -0.4 is 22.1 Å². The summed E-state index contributed by atoms with van der Waals surface area (Å²) in [4.78, 5) is 55.2. The molecule has 0 spiro atoms. The second kappa shape index (κ2) is 13.6. The van der Waals surface area contributed by atoms with E-state index in [0.29, 0.717) is 30.7 Å². The Kier molecular flexibility index (Phi) is 10.1. The van der Waals surface area contributed by atoms with Crippen LogP contribution in [0.5, 0.6) is 0 Å². The molecule has 3 aliphatic rings. The maximum Gasteiger partial charge on any atom is 0.413 e. The van der Waals surface area contributed by atoms with Crippen molar-refractivity contribution in [3.63, 3.8) is 0 Å². The van der Waals surface area contributed by atoms with Gasteiger partial charge in [0.2, 0.25) is 5.91 Å². The van der Waals surface area contributed by atoms with Crippen LogP contribution in [0, 0.1) is 0 Å². The van der Waals surface area contributed by atoms with Crippen LogP contribution in [-0.4, -0.2) is 89.9 Å². The lowest BCUT2D eigenvalue weighted by Gasteiger charge is -2.48. The summed E-state index contributed by atoms with van der Waals surface area (Å²) in [5, 5.41) is 5.28. The molecule has 0 saturated carbocycles. The van der Waals surface area contributed by atoms with Crippen molar-refractivity contribution in [2.45, 2.75) is 57.7 Å². The lowest BCUT2D eigenvalue weighted by molar-refractivity contribution is -0.125. The number of likely N-dealkylation sites (tertiary alicyclic amines) is 1. The molecular formula is C29H40ClN7O5. The molecule has 3 saturated heterocycles. The molecule has 1 aromatic carbocycles. The van der Waals surface area contributed by atoms with E-state index in [-0.39, 0.29) is 35.6 Å². The molecule has 3 fully saturated rings. The van der Waals surface area contributed by atoms with E-state index < -0.39 is 23.8 Å². The lowest BCUT2D eigenvalue weighted by Crippen LogP contribution is -2.58. The van der Waals surface area contributed by atoms with Gasteiger partial charge in [0, 0.05) is 49.0 Å². The molecule has 2 unspecified atom stereocenters. The quantitative estimate of drug-likeness (QED) is 0.306. The standard InChI is InChI=1S/C29H40ClN7O5/c1-4-21-15-36(18(3)27(39)33-25(17(2)31)26(32)38)11-12-37(21)22-7-9-35(10-8-22)14-19-5-6-20(30)13-23(19)24-16-42-29(41)34-28(24)40/h5-6,13,21-22,24H,3-4,7-12,14-16,31H2,1-2H3,(H2,32,38)(H,33,39)(H,34,40,41)/b25-17+. The highest BCUT2D eigenvalue weighted by Gasteiger charge is 2.35. The van der Waals surface area contributed by atoms with Crippen molar-refractivity contribution in [3.05, 3.63) is 58.0 Å². The van der Waals surface area contributed by atoms with E-state index in [1.54, 1.807) is 6.07 Å². The van der Waals surface area contributed by atoms with Crippen molar-refractivity contribution < 1.29 is 23.9 Å². The van der Waals surface area contributed by atoms with Gasteiger partial charge in [0.05, 0.1) is 11.6 Å². The molecule has 4 rings (SSSR count). The van der Waals surface area contributed by atoms with Gasteiger partial charge in [-0.1, -0.05) is 31.2 Å². The molecule has 0 aliphatic carbocycles. The number of piperazine rings is 1. The second-order valence-corrected chi connectivity index (χ2v) is 11.5. The third-order valence-corrected chi connectivity index (χ3v) is 8.58. The number of nitrogens with one attached hydrogen (secondary N) is 2. The third kappa shape index (κ3) is 7.23. The van der Waals surface area contributed by atoms with Gasteiger partial charge in [-0.2, -0.15) is 0 Å². The summed E-state index contributed by atoms with van der Waals surface area (Å²) in [7, 11) is 0. The number of imide groups is 1. The van der Waals surface area contributed by atoms with Crippen LogP contribution in [0.2, 0.25) is 5.02 Å². The number of allylic oxidation sites excluding steroid dienone is 1. The van der Waals surface area contributed by atoms with Crippen LogP contribution >= 0.6 is 11.6 Å². The monoisotopic (exact) mass is 601 g/mol. The SMILES string of the molecule is C=C(C(=O)N/C(C(N)=O)=C(\C)N)N1CCN(C2CCN(Cc3ccc(Cl)cc3C3COC(=O)NC3=O)CC2)C(CC)C1. The van der Waals surface area contributed by atoms with Crippen LogP contribution in [0.25, 0.3) is 0 Å². The number of hydrogen-bond donors (Lipinski definition) is 4. The minimum atomic E-state index is -0.795. The minimum absolute atomic E-state index is 0.00574. The van der Waals surface area contributed by atoms with Gasteiger partial charge in [0.25, 0.3) is 11.8 Å². The zero-order chi connectivity index (χ0) is 30.6. The van der Waals surface area contributed by atoms with E-state index >= 15 is 0 Å². The fourth-order valence-corrected chi connectivity index (χ4v) is 6.20. The number of cyclic esters (lactones) is 1. The molecule has 13 heteroatoms. The Morgan fingerprint density at radius 2 is 1.88 bits per heavy atom. The van der Waals surface area contributed by atoms with Crippen molar-refractivity contribution >= 4 is 35.4 Å². The smallest absolute Gasteiger partial charge is 0.413 e. The Hall–Kier alpha value is -3.61. The van der Waals surface area contributed by atoms with Gasteiger partial charge in [0.15, 0.2) is 0 Å². The molecule has 12 nitrogen and oxygen atoms in total. The van der Waals surface area contributed by atoms with Crippen molar-refractivity contribution in [2.24, 2.45) is 11.5 Å². The molecule has 2 atom stereocenters. The summed E-state index contributed by atoms with van der Waals surface area (Å²) in [6, 6.07) is 6.21. The summed E-state index contributed by atoms with van der Waals surface area (Å²) in [6.45, 7) is 12.2. The van der Waals surface area contributed by atoms with E-state index in [2.05, 4.69) is 33.9 Å².